The van der Waals surface area contributed by atoms with Crippen LogP contribution in [-0.4, -0.2) is 50.0 Å². The van der Waals surface area contributed by atoms with Crippen LogP contribution < -0.4 is 9.62 Å². The molecule has 0 spiro atoms. The third-order valence-corrected chi connectivity index (χ3v) is 8.09. The quantitative estimate of drug-likeness (QED) is 0.431. The smallest absolute Gasteiger partial charge is 0.242 e. The summed E-state index contributed by atoms with van der Waals surface area (Å²) in [5.41, 5.74) is 0.759. The second-order valence-corrected chi connectivity index (χ2v) is 11.9. The lowest BCUT2D eigenvalue weighted by atomic mass is 9.95. The Morgan fingerprint density at radius 3 is 2.35 bits per heavy atom. The summed E-state index contributed by atoms with van der Waals surface area (Å²) >= 11 is 6.00. The zero-order valence-corrected chi connectivity index (χ0v) is 22.9. The van der Waals surface area contributed by atoms with Gasteiger partial charge in [-0.2, -0.15) is 0 Å². The molecule has 1 atom stereocenters. The molecule has 202 valence electrons. The summed E-state index contributed by atoms with van der Waals surface area (Å²) in [7, 11) is -3.77. The molecule has 7 nitrogen and oxygen atoms in total. The molecule has 2 aromatic rings. The number of sulfonamides is 1. The van der Waals surface area contributed by atoms with E-state index in [9.17, 15) is 22.4 Å². The van der Waals surface area contributed by atoms with Crippen molar-refractivity contribution in [1.82, 2.24) is 10.2 Å². The second kappa shape index (κ2) is 13.2. The number of carbonyl (C=O) groups excluding carboxylic acids is 2. The molecule has 1 aliphatic rings. The van der Waals surface area contributed by atoms with E-state index in [1.165, 1.54) is 29.5 Å². The van der Waals surface area contributed by atoms with E-state index in [-0.39, 0.29) is 49.5 Å². The van der Waals surface area contributed by atoms with Gasteiger partial charge >= 0.3 is 0 Å². The zero-order chi connectivity index (χ0) is 27.0. The van der Waals surface area contributed by atoms with Crippen molar-refractivity contribution in [2.45, 2.75) is 70.5 Å². The molecular formula is C27H35ClFN3O4S. The maximum Gasteiger partial charge on any atom is 0.242 e. The Morgan fingerprint density at radius 1 is 1.08 bits per heavy atom. The molecule has 1 fully saturated rings. The molecule has 1 saturated carbocycles. The van der Waals surface area contributed by atoms with Gasteiger partial charge in [-0.05, 0) is 56.0 Å². The summed E-state index contributed by atoms with van der Waals surface area (Å²) in [5.74, 6) is -1.15. The Balaban J connectivity index is 1.71. The van der Waals surface area contributed by atoms with Crippen LogP contribution in [0.4, 0.5) is 10.1 Å². The lowest BCUT2D eigenvalue weighted by Gasteiger charge is -2.31. The fourth-order valence-electron chi connectivity index (χ4n) is 4.57. The highest BCUT2D eigenvalue weighted by molar-refractivity contribution is 7.92. The van der Waals surface area contributed by atoms with Crippen molar-refractivity contribution < 1.29 is 22.4 Å². The lowest BCUT2D eigenvalue weighted by Crippen LogP contribution is -2.50. The first-order chi connectivity index (χ1) is 17.6. The van der Waals surface area contributed by atoms with Gasteiger partial charge in [-0.25, -0.2) is 12.8 Å². The number of hydrogen-bond acceptors (Lipinski definition) is 4. The summed E-state index contributed by atoms with van der Waals surface area (Å²) in [5, 5.41) is 3.66. The van der Waals surface area contributed by atoms with Gasteiger partial charge in [0.15, 0.2) is 0 Å². The average Bonchev–Trinajstić information content (AvgIpc) is 2.86. The minimum absolute atomic E-state index is 0.00485. The summed E-state index contributed by atoms with van der Waals surface area (Å²) in [6, 6.07) is 12.1. The van der Waals surface area contributed by atoms with E-state index in [4.69, 9.17) is 11.6 Å². The van der Waals surface area contributed by atoms with Crippen LogP contribution in [0.5, 0.6) is 0 Å². The molecule has 2 amide bonds. The Kier molecular flexibility index (Phi) is 10.3. The number of halogens is 2. The minimum Gasteiger partial charge on any atom is -0.352 e. The Bertz CT molecular complexity index is 1170. The Labute approximate surface area is 224 Å². The van der Waals surface area contributed by atoms with Crippen LogP contribution in [0, 0.1) is 5.82 Å². The number of carbonyl (C=O) groups is 2. The van der Waals surface area contributed by atoms with Gasteiger partial charge in [-0.15, -0.1) is 0 Å². The first-order valence-corrected chi connectivity index (χ1v) is 14.9. The molecule has 0 heterocycles. The number of para-hydroxylation sites is 1. The normalized spacial score (nSPS) is 15.1. The maximum absolute atomic E-state index is 14.3. The summed E-state index contributed by atoms with van der Waals surface area (Å²) in [6.07, 6.45) is 6.34. The third kappa shape index (κ3) is 8.43. The predicted octanol–water partition coefficient (Wildman–Crippen LogP) is 4.89. The standard InChI is InChI=1S/C27H35ClFN3O4S/c1-20(27(34)30-23-9-4-3-5-10-23)31(19-21-14-16-22(28)17-15-21)26(33)13-8-18-32(37(2,35)36)25-12-7-6-11-24(25)29/h6-7,11-12,14-17,20,23H,3-5,8-10,13,18-19H2,1-2H3,(H,30,34). The van der Waals surface area contributed by atoms with Gasteiger partial charge in [0.05, 0.1) is 11.9 Å². The monoisotopic (exact) mass is 551 g/mol. The van der Waals surface area contributed by atoms with Gasteiger partial charge in [0, 0.05) is 30.6 Å². The zero-order valence-electron chi connectivity index (χ0n) is 21.3. The van der Waals surface area contributed by atoms with Gasteiger partial charge in [0.1, 0.15) is 11.9 Å². The molecule has 10 heteroatoms. The van der Waals surface area contributed by atoms with Crippen molar-refractivity contribution >= 4 is 39.1 Å². The molecular weight excluding hydrogens is 517 g/mol. The fraction of sp³-hybridized carbons (Fsp3) is 0.481. The summed E-state index contributed by atoms with van der Waals surface area (Å²) < 4.78 is 40.0. The minimum atomic E-state index is -3.77. The molecule has 1 N–H and O–H groups in total. The van der Waals surface area contributed by atoms with Crippen LogP contribution in [0.1, 0.15) is 57.4 Å². The lowest BCUT2D eigenvalue weighted by molar-refractivity contribution is -0.141. The molecule has 0 saturated heterocycles. The van der Waals surface area contributed by atoms with Gasteiger partial charge in [0.25, 0.3) is 0 Å². The van der Waals surface area contributed by atoms with Gasteiger partial charge in [-0.1, -0.05) is 55.1 Å². The van der Waals surface area contributed by atoms with Gasteiger partial charge < -0.3 is 10.2 Å². The molecule has 0 radical (unpaired) electrons. The maximum atomic E-state index is 14.3. The molecule has 0 aromatic heterocycles. The largest absolute Gasteiger partial charge is 0.352 e. The summed E-state index contributed by atoms with van der Waals surface area (Å²) in [4.78, 5) is 28.0. The molecule has 3 rings (SSSR count). The number of anilines is 1. The van der Waals surface area contributed by atoms with Crippen molar-refractivity contribution in [2.75, 3.05) is 17.1 Å². The van der Waals surface area contributed by atoms with Crippen LogP contribution in [0.2, 0.25) is 5.02 Å². The molecule has 2 aromatic carbocycles. The first kappa shape index (κ1) is 28.9. The highest BCUT2D eigenvalue weighted by atomic mass is 35.5. The Morgan fingerprint density at radius 2 is 1.73 bits per heavy atom. The van der Waals surface area contributed by atoms with E-state index in [1.54, 1.807) is 37.3 Å². The van der Waals surface area contributed by atoms with Crippen molar-refractivity contribution in [3.05, 3.63) is 64.9 Å². The van der Waals surface area contributed by atoms with Gasteiger partial charge in [-0.3, -0.25) is 13.9 Å². The molecule has 1 unspecified atom stereocenters. The first-order valence-electron chi connectivity index (χ1n) is 12.6. The number of nitrogens with zero attached hydrogens (tertiary/aromatic N) is 2. The number of hydrogen-bond donors (Lipinski definition) is 1. The third-order valence-electron chi connectivity index (χ3n) is 6.66. The van der Waals surface area contributed by atoms with E-state index in [0.29, 0.717) is 5.02 Å². The van der Waals surface area contributed by atoms with Crippen molar-refractivity contribution in [1.29, 1.82) is 0 Å². The molecule has 37 heavy (non-hydrogen) atoms. The second-order valence-electron chi connectivity index (χ2n) is 9.56. The summed E-state index contributed by atoms with van der Waals surface area (Å²) in [6.45, 7) is 1.84. The molecule has 0 aliphatic heterocycles. The van der Waals surface area contributed by atoms with Crippen LogP contribution in [-0.2, 0) is 26.2 Å². The number of rotatable bonds is 11. The van der Waals surface area contributed by atoms with Crippen LogP contribution in [0.15, 0.2) is 48.5 Å². The number of benzene rings is 2. The molecule has 1 aliphatic carbocycles. The fourth-order valence-corrected chi connectivity index (χ4v) is 5.67. The SMILES string of the molecule is CC(C(=O)NC1CCCCC1)N(Cc1ccc(Cl)cc1)C(=O)CCCN(c1ccccc1F)S(C)(=O)=O. The van der Waals surface area contributed by atoms with E-state index in [2.05, 4.69) is 5.32 Å². The van der Waals surface area contributed by atoms with Crippen LogP contribution in [0.25, 0.3) is 0 Å². The van der Waals surface area contributed by atoms with E-state index in [0.717, 1.165) is 41.8 Å². The highest BCUT2D eigenvalue weighted by Crippen LogP contribution is 2.23. The van der Waals surface area contributed by atoms with E-state index in [1.807, 2.05) is 0 Å². The highest BCUT2D eigenvalue weighted by Gasteiger charge is 2.28. The molecule has 0 bridgehead atoms. The van der Waals surface area contributed by atoms with Crippen molar-refractivity contribution in [3.63, 3.8) is 0 Å². The van der Waals surface area contributed by atoms with Crippen molar-refractivity contribution in [2.24, 2.45) is 0 Å². The predicted molar refractivity (Wildman–Crippen MR) is 144 cm³/mol. The average molecular weight is 552 g/mol. The van der Waals surface area contributed by atoms with Crippen LogP contribution in [0.3, 0.4) is 0 Å². The number of amides is 2. The van der Waals surface area contributed by atoms with Gasteiger partial charge in [0.2, 0.25) is 21.8 Å². The number of nitrogens with one attached hydrogen (secondary N) is 1. The topological polar surface area (TPSA) is 86.8 Å². The van der Waals surface area contributed by atoms with Crippen molar-refractivity contribution in [3.8, 4) is 0 Å². The van der Waals surface area contributed by atoms with E-state index < -0.39 is 21.9 Å². The van der Waals surface area contributed by atoms with E-state index >= 15 is 0 Å². The van der Waals surface area contributed by atoms with Crippen LogP contribution >= 0.6 is 11.6 Å². The Hall–Kier alpha value is -2.65.